The van der Waals surface area contributed by atoms with Crippen LogP contribution in [0.4, 0.5) is 0 Å². The van der Waals surface area contributed by atoms with Gasteiger partial charge in [-0.2, -0.15) is 4.34 Å². The van der Waals surface area contributed by atoms with Gasteiger partial charge in [0.05, 0.1) is 26.2 Å². The van der Waals surface area contributed by atoms with Gasteiger partial charge in [-0.25, -0.2) is 0 Å². The number of nitrogens with zero attached hydrogens (tertiary/aromatic N) is 3. The fourth-order valence-electron chi connectivity index (χ4n) is 4.03. The van der Waals surface area contributed by atoms with Gasteiger partial charge in [-0.1, -0.05) is 0 Å². The Hall–Kier alpha value is 0.137. The molecule has 3 nitrogen and oxygen atoms in total. The number of rotatable bonds is 5. The number of hydrogen-bond acceptors (Lipinski definition) is 1. The molecular weight excluding hydrogens is 376 g/mol. The molecule has 7 heteroatoms. The summed E-state index contributed by atoms with van der Waals surface area (Å²) in [5.74, 6) is -1.42. The fraction of sp³-hybridized carbons (Fsp3) is 0.706. The molecule has 3 aliphatic rings. The molecule has 0 aromatic carbocycles. The SMILES string of the molecule is C[Si](C)(C)N=P(Cl)(Cl)[n+]1ccc(CC[N+]23CCC(CC2)CC3)cc1. The maximum atomic E-state index is 6.55. The zero-order chi connectivity index (χ0) is 17.4. The van der Waals surface area contributed by atoms with Crippen molar-refractivity contribution in [3.63, 3.8) is 0 Å². The minimum Gasteiger partial charge on any atom is -0.323 e. The summed E-state index contributed by atoms with van der Waals surface area (Å²) in [7, 11) is -1.65. The van der Waals surface area contributed by atoms with Crippen molar-refractivity contribution in [1.82, 2.24) is 0 Å². The van der Waals surface area contributed by atoms with Crippen molar-refractivity contribution in [2.24, 2.45) is 10.3 Å². The third-order valence-electron chi connectivity index (χ3n) is 5.49. The van der Waals surface area contributed by atoms with Crippen molar-refractivity contribution in [3.05, 3.63) is 30.1 Å². The molecule has 0 atom stereocenters. The average molecular weight is 406 g/mol. The molecular formula is C17H30Cl2N3PSi+2. The first-order valence-corrected chi connectivity index (χ1v) is 16.0. The van der Waals surface area contributed by atoms with E-state index in [1.165, 1.54) is 55.5 Å². The van der Waals surface area contributed by atoms with Crippen LogP contribution in [-0.2, 0) is 6.42 Å². The summed E-state index contributed by atoms with van der Waals surface area (Å²) in [5.41, 5.74) is 1.38. The number of quaternary nitrogens is 1. The quantitative estimate of drug-likeness (QED) is 0.361. The first-order valence-electron chi connectivity index (χ1n) is 9.07. The Morgan fingerprint density at radius 1 is 1.12 bits per heavy atom. The van der Waals surface area contributed by atoms with E-state index in [-0.39, 0.29) is 0 Å². The molecule has 2 bridgehead atoms. The van der Waals surface area contributed by atoms with Crippen molar-refractivity contribution in [3.8, 4) is 0 Å². The molecule has 0 radical (unpaired) electrons. The molecule has 0 amide bonds. The summed E-state index contributed by atoms with van der Waals surface area (Å²) >= 11 is 13.1. The van der Waals surface area contributed by atoms with Gasteiger partial charge in [-0.3, -0.25) is 4.41 Å². The zero-order valence-corrected chi connectivity index (χ0v) is 18.5. The van der Waals surface area contributed by atoms with Gasteiger partial charge in [0.15, 0.2) is 20.6 Å². The molecule has 134 valence electrons. The monoisotopic (exact) mass is 405 g/mol. The van der Waals surface area contributed by atoms with Gasteiger partial charge >= 0.3 is 5.91 Å². The molecule has 0 N–H and O–H groups in total. The summed E-state index contributed by atoms with van der Waals surface area (Å²) in [6, 6.07) is 4.35. The minimum absolute atomic E-state index is 1.03. The van der Waals surface area contributed by atoms with Crippen LogP contribution in [0.5, 0.6) is 0 Å². The number of pyridine rings is 1. The number of aromatic nitrogens is 1. The summed E-state index contributed by atoms with van der Waals surface area (Å²) < 4.78 is 7.99. The number of fused-ring (bicyclic) bond motifs is 3. The number of hydrogen-bond donors (Lipinski definition) is 0. The first-order chi connectivity index (χ1) is 11.2. The van der Waals surface area contributed by atoms with Gasteiger partial charge in [0.25, 0.3) is 0 Å². The predicted octanol–water partition coefficient (Wildman–Crippen LogP) is 5.25. The number of piperidine rings is 3. The van der Waals surface area contributed by atoms with Gasteiger partial charge in [0.2, 0.25) is 0 Å². The Balaban J connectivity index is 1.66. The highest BCUT2D eigenvalue weighted by molar-refractivity contribution is 8.06. The average Bonchev–Trinajstić information content (AvgIpc) is 2.53. The third-order valence-corrected chi connectivity index (χ3v) is 12.1. The third kappa shape index (κ3) is 4.65. The van der Waals surface area contributed by atoms with Gasteiger partial charge in [0.1, 0.15) is 0 Å². The van der Waals surface area contributed by atoms with Crippen molar-refractivity contribution >= 4 is 36.6 Å². The Kier molecular flexibility index (Phi) is 5.55. The van der Waals surface area contributed by atoms with Crippen LogP contribution in [0.2, 0.25) is 19.6 Å². The minimum atomic E-state index is -2.45. The van der Waals surface area contributed by atoms with Gasteiger partial charge in [-0.05, 0) is 50.4 Å². The molecule has 0 spiro atoms. The maximum absolute atomic E-state index is 6.55. The van der Waals surface area contributed by atoms with Crippen molar-refractivity contribution in [2.75, 3.05) is 26.2 Å². The summed E-state index contributed by atoms with van der Waals surface area (Å²) in [4.78, 5) is 0. The molecule has 3 fully saturated rings. The molecule has 0 unspecified atom stereocenters. The van der Waals surface area contributed by atoms with Crippen LogP contribution in [-0.4, -0.2) is 38.9 Å². The molecule has 1 aromatic heterocycles. The highest BCUT2D eigenvalue weighted by Gasteiger charge is 2.39. The predicted molar refractivity (Wildman–Crippen MR) is 107 cm³/mol. The molecule has 4 rings (SSSR count). The lowest BCUT2D eigenvalue weighted by atomic mass is 9.85. The summed E-state index contributed by atoms with van der Waals surface area (Å²) in [6.45, 7) is 11.9. The van der Waals surface area contributed by atoms with E-state index in [0.717, 1.165) is 12.3 Å². The summed E-state index contributed by atoms with van der Waals surface area (Å²) in [5, 5.41) is 0. The Labute approximate surface area is 157 Å². The van der Waals surface area contributed by atoms with Crippen LogP contribution < -0.4 is 4.34 Å². The van der Waals surface area contributed by atoms with E-state index >= 15 is 0 Å². The Morgan fingerprint density at radius 3 is 2.17 bits per heavy atom. The smallest absolute Gasteiger partial charge is 0.323 e. The van der Waals surface area contributed by atoms with Crippen LogP contribution in [0.25, 0.3) is 0 Å². The van der Waals surface area contributed by atoms with E-state index in [1.54, 1.807) is 0 Å². The lowest BCUT2D eigenvalue weighted by Gasteiger charge is -2.49. The topological polar surface area (TPSA) is 16.2 Å². The van der Waals surface area contributed by atoms with Crippen LogP contribution in [0.1, 0.15) is 24.8 Å². The lowest BCUT2D eigenvalue weighted by Crippen LogP contribution is -2.58. The van der Waals surface area contributed by atoms with E-state index in [4.69, 9.17) is 26.9 Å². The van der Waals surface area contributed by atoms with Gasteiger partial charge in [0, 0.05) is 41.0 Å². The highest BCUT2D eigenvalue weighted by Crippen LogP contribution is 2.56. The van der Waals surface area contributed by atoms with Crippen LogP contribution in [0.15, 0.2) is 28.9 Å². The van der Waals surface area contributed by atoms with Crippen molar-refractivity contribution < 1.29 is 8.82 Å². The first kappa shape index (κ1) is 18.9. The zero-order valence-electron chi connectivity index (χ0n) is 15.1. The molecule has 1 aromatic rings. The molecule has 3 aliphatic heterocycles. The second-order valence-corrected chi connectivity index (χ2v) is 18.4. The van der Waals surface area contributed by atoms with E-state index in [1.807, 2.05) is 16.7 Å². The second kappa shape index (κ2) is 7.04. The van der Waals surface area contributed by atoms with E-state index in [0.29, 0.717) is 0 Å². The lowest BCUT2D eigenvalue weighted by molar-refractivity contribution is -0.942. The van der Waals surface area contributed by atoms with Crippen LogP contribution in [0.3, 0.4) is 0 Å². The maximum Gasteiger partial charge on any atom is 0.386 e. The Morgan fingerprint density at radius 2 is 1.67 bits per heavy atom. The van der Waals surface area contributed by atoms with E-state index in [9.17, 15) is 0 Å². The second-order valence-electron chi connectivity index (χ2n) is 8.53. The standard InChI is InChI=1S/C17H30Cl2N3PSi/c1-24(2,3)20-23(18,19)21-10-4-16(5-11-21)6-12-22-13-7-17(8-14-22)9-15-22/h4-5,10-11,17H,6-9,12-15H2,1-3H3/q+2. The molecule has 24 heavy (non-hydrogen) atoms. The highest BCUT2D eigenvalue weighted by atomic mass is 35.9. The van der Waals surface area contributed by atoms with Crippen LogP contribution >= 0.6 is 28.4 Å². The van der Waals surface area contributed by atoms with Crippen molar-refractivity contribution in [2.45, 2.75) is 45.3 Å². The normalized spacial score (nSPS) is 27.3. The molecule has 4 heterocycles. The Bertz CT molecular complexity index is 614. The fourth-order valence-corrected chi connectivity index (χ4v) is 12.5. The van der Waals surface area contributed by atoms with Crippen molar-refractivity contribution in [1.29, 1.82) is 0 Å². The van der Waals surface area contributed by atoms with E-state index in [2.05, 4.69) is 31.8 Å². The summed E-state index contributed by atoms with van der Waals surface area (Å²) in [6.07, 6.45) is 9.52. The number of halogens is 2. The molecule has 3 saturated heterocycles. The van der Waals surface area contributed by atoms with Crippen LogP contribution in [0, 0.1) is 5.92 Å². The van der Waals surface area contributed by atoms with E-state index < -0.39 is 14.1 Å². The van der Waals surface area contributed by atoms with Gasteiger partial charge in [-0.15, -0.1) is 0 Å². The molecule has 0 saturated carbocycles. The molecule has 0 aliphatic carbocycles. The van der Waals surface area contributed by atoms with Gasteiger partial charge < -0.3 is 4.48 Å². The largest absolute Gasteiger partial charge is 0.386 e.